The van der Waals surface area contributed by atoms with E-state index in [0.29, 0.717) is 5.88 Å². The standard InChI is InChI=1S/C17H18N6O/c1-12-8-19-10-16(22-12)24-13-3-6-23(7-4-13)17-14-2-5-18-9-15(14)20-11-21-17/h2,5,8-11,13H,3-4,6-7H2,1H3. The van der Waals surface area contributed by atoms with Crippen LogP contribution in [0.4, 0.5) is 5.82 Å². The highest BCUT2D eigenvalue weighted by molar-refractivity contribution is 5.88. The first-order valence-corrected chi connectivity index (χ1v) is 8.04. The van der Waals surface area contributed by atoms with Gasteiger partial charge in [-0.15, -0.1) is 0 Å². The van der Waals surface area contributed by atoms with E-state index in [-0.39, 0.29) is 6.10 Å². The van der Waals surface area contributed by atoms with Gasteiger partial charge in [-0.1, -0.05) is 0 Å². The SMILES string of the molecule is Cc1cncc(OC2CCN(c3ncnc4cnccc34)CC2)n1. The number of rotatable bonds is 3. The Morgan fingerprint density at radius 3 is 2.79 bits per heavy atom. The first-order valence-electron chi connectivity index (χ1n) is 8.04. The number of aryl methyl sites for hydroxylation is 1. The van der Waals surface area contributed by atoms with Crippen LogP contribution >= 0.6 is 0 Å². The molecule has 0 atom stereocenters. The molecule has 122 valence electrons. The van der Waals surface area contributed by atoms with Gasteiger partial charge in [-0.2, -0.15) is 0 Å². The van der Waals surface area contributed by atoms with Crippen molar-refractivity contribution in [2.45, 2.75) is 25.9 Å². The highest BCUT2D eigenvalue weighted by atomic mass is 16.5. The van der Waals surface area contributed by atoms with Crippen molar-refractivity contribution < 1.29 is 4.74 Å². The molecular formula is C17H18N6O. The lowest BCUT2D eigenvalue weighted by molar-refractivity contribution is 0.163. The second-order valence-corrected chi connectivity index (χ2v) is 5.89. The van der Waals surface area contributed by atoms with E-state index in [2.05, 4.69) is 29.8 Å². The Bertz CT molecular complexity index is 842. The van der Waals surface area contributed by atoms with Crippen LogP contribution in [0.25, 0.3) is 10.9 Å². The third-order valence-electron chi connectivity index (χ3n) is 4.18. The Morgan fingerprint density at radius 1 is 1.08 bits per heavy atom. The van der Waals surface area contributed by atoms with Crippen molar-refractivity contribution in [3.8, 4) is 5.88 Å². The minimum Gasteiger partial charge on any atom is -0.473 e. The molecule has 0 saturated carbocycles. The van der Waals surface area contributed by atoms with E-state index in [9.17, 15) is 0 Å². The van der Waals surface area contributed by atoms with Crippen LogP contribution in [0.15, 0.2) is 37.2 Å². The summed E-state index contributed by atoms with van der Waals surface area (Å²) in [5, 5.41) is 1.04. The predicted octanol–water partition coefficient (Wildman–Crippen LogP) is 2.17. The van der Waals surface area contributed by atoms with E-state index in [1.807, 2.05) is 13.0 Å². The number of piperidine rings is 1. The fourth-order valence-electron chi connectivity index (χ4n) is 3.00. The molecule has 0 unspecified atom stereocenters. The Balaban J connectivity index is 1.46. The average Bonchev–Trinajstić information content (AvgIpc) is 2.62. The van der Waals surface area contributed by atoms with Gasteiger partial charge in [0.1, 0.15) is 18.2 Å². The monoisotopic (exact) mass is 322 g/mol. The van der Waals surface area contributed by atoms with Crippen molar-refractivity contribution in [3.63, 3.8) is 0 Å². The maximum absolute atomic E-state index is 5.96. The first kappa shape index (κ1) is 14.7. The molecule has 4 rings (SSSR count). The van der Waals surface area contributed by atoms with Crippen molar-refractivity contribution >= 4 is 16.7 Å². The molecule has 1 saturated heterocycles. The molecule has 3 aromatic rings. The predicted molar refractivity (Wildman–Crippen MR) is 90.0 cm³/mol. The molecule has 24 heavy (non-hydrogen) atoms. The summed E-state index contributed by atoms with van der Waals surface area (Å²) >= 11 is 0. The van der Waals surface area contributed by atoms with Crippen molar-refractivity contribution in [1.29, 1.82) is 0 Å². The third kappa shape index (κ3) is 2.97. The first-order chi connectivity index (χ1) is 11.8. The topological polar surface area (TPSA) is 76.9 Å². The van der Waals surface area contributed by atoms with Gasteiger partial charge in [-0.3, -0.25) is 9.97 Å². The maximum atomic E-state index is 5.96. The summed E-state index contributed by atoms with van der Waals surface area (Å²) in [7, 11) is 0. The highest BCUT2D eigenvalue weighted by Gasteiger charge is 2.23. The van der Waals surface area contributed by atoms with Crippen molar-refractivity contribution in [2.75, 3.05) is 18.0 Å². The molecule has 0 amide bonds. The minimum absolute atomic E-state index is 0.159. The zero-order chi connectivity index (χ0) is 16.4. The Hall–Kier alpha value is -2.83. The maximum Gasteiger partial charge on any atom is 0.232 e. The number of ether oxygens (including phenoxy) is 1. The van der Waals surface area contributed by atoms with Crippen molar-refractivity contribution in [3.05, 3.63) is 42.9 Å². The van der Waals surface area contributed by atoms with E-state index >= 15 is 0 Å². The van der Waals surface area contributed by atoms with Crippen molar-refractivity contribution in [2.24, 2.45) is 0 Å². The Morgan fingerprint density at radius 2 is 1.96 bits per heavy atom. The number of hydrogen-bond acceptors (Lipinski definition) is 7. The molecule has 0 N–H and O–H groups in total. The highest BCUT2D eigenvalue weighted by Crippen LogP contribution is 2.26. The lowest BCUT2D eigenvalue weighted by Crippen LogP contribution is -2.39. The molecule has 3 aromatic heterocycles. The van der Waals surface area contributed by atoms with E-state index in [1.54, 1.807) is 31.1 Å². The number of anilines is 1. The molecule has 4 heterocycles. The summed E-state index contributed by atoms with van der Waals surface area (Å²) in [6.07, 6.45) is 10.6. The second kappa shape index (κ2) is 6.35. The molecule has 1 fully saturated rings. The molecule has 0 radical (unpaired) electrons. The van der Waals surface area contributed by atoms with E-state index in [4.69, 9.17) is 4.74 Å². The Labute approximate surface area is 139 Å². The van der Waals surface area contributed by atoms with Gasteiger partial charge in [0.2, 0.25) is 5.88 Å². The van der Waals surface area contributed by atoms with E-state index in [1.165, 1.54) is 0 Å². The third-order valence-corrected chi connectivity index (χ3v) is 4.18. The van der Waals surface area contributed by atoms with Gasteiger partial charge in [0, 0.05) is 43.7 Å². The van der Waals surface area contributed by atoms with Gasteiger partial charge >= 0.3 is 0 Å². The normalized spacial score (nSPS) is 15.6. The fraction of sp³-hybridized carbons (Fsp3) is 0.353. The van der Waals surface area contributed by atoms with Crippen LogP contribution in [-0.2, 0) is 0 Å². The molecular weight excluding hydrogens is 304 g/mol. The van der Waals surface area contributed by atoms with Crippen LogP contribution in [-0.4, -0.2) is 44.1 Å². The largest absolute Gasteiger partial charge is 0.473 e. The molecule has 0 bridgehead atoms. The molecule has 0 spiro atoms. The summed E-state index contributed by atoms with van der Waals surface area (Å²) in [6.45, 7) is 3.69. The summed E-state index contributed by atoms with van der Waals surface area (Å²) in [5.41, 5.74) is 1.74. The number of pyridine rings is 1. The zero-order valence-corrected chi connectivity index (χ0v) is 13.5. The summed E-state index contributed by atoms with van der Waals surface area (Å²) < 4.78 is 5.96. The minimum atomic E-state index is 0.159. The quantitative estimate of drug-likeness (QED) is 0.731. The summed E-state index contributed by atoms with van der Waals surface area (Å²) in [5.74, 6) is 1.57. The summed E-state index contributed by atoms with van der Waals surface area (Å²) in [4.78, 5) is 23.6. The van der Waals surface area contributed by atoms with Crippen LogP contribution in [0.5, 0.6) is 5.88 Å². The molecule has 1 aliphatic rings. The van der Waals surface area contributed by atoms with Gasteiger partial charge < -0.3 is 9.64 Å². The molecule has 7 heteroatoms. The molecule has 0 aromatic carbocycles. The number of nitrogens with zero attached hydrogens (tertiary/aromatic N) is 6. The van der Waals surface area contributed by atoms with Gasteiger partial charge in [0.05, 0.1) is 23.6 Å². The van der Waals surface area contributed by atoms with Crippen LogP contribution in [0.2, 0.25) is 0 Å². The van der Waals surface area contributed by atoms with Crippen LogP contribution in [0.1, 0.15) is 18.5 Å². The van der Waals surface area contributed by atoms with Crippen LogP contribution in [0.3, 0.4) is 0 Å². The lowest BCUT2D eigenvalue weighted by atomic mass is 10.1. The molecule has 1 aliphatic heterocycles. The fourth-order valence-corrected chi connectivity index (χ4v) is 3.00. The number of fused-ring (bicyclic) bond motifs is 1. The average molecular weight is 322 g/mol. The summed E-state index contributed by atoms with van der Waals surface area (Å²) in [6, 6.07) is 1.97. The zero-order valence-electron chi connectivity index (χ0n) is 13.5. The second-order valence-electron chi connectivity index (χ2n) is 5.89. The molecule has 7 nitrogen and oxygen atoms in total. The Kier molecular flexibility index (Phi) is 3.90. The molecule has 0 aliphatic carbocycles. The van der Waals surface area contributed by atoms with Gasteiger partial charge in [0.15, 0.2) is 0 Å². The number of hydrogen-bond donors (Lipinski definition) is 0. The van der Waals surface area contributed by atoms with Gasteiger partial charge in [0.25, 0.3) is 0 Å². The van der Waals surface area contributed by atoms with Gasteiger partial charge in [-0.25, -0.2) is 15.0 Å². The van der Waals surface area contributed by atoms with E-state index < -0.39 is 0 Å². The van der Waals surface area contributed by atoms with Crippen LogP contribution in [0, 0.1) is 6.92 Å². The van der Waals surface area contributed by atoms with Gasteiger partial charge in [-0.05, 0) is 13.0 Å². The van der Waals surface area contributed by atoms with Crippen LogP contribution < -0.4 is 9.64 Å². The van der Waals surface area contributed by atoms with Crippen molar-refractivity contribution in [1.82, 2.24) is 24.9 Å². The smallest absolute Gasteiger partial charge is 0.232 e. The number of aromatic nitrogens is 5. The lowest BCUT2D eigenvalue weighted by Gasteiger charge is -2.33. The van der Waals surface area contributed by atoms with E-state index in [0.717, 1.165) is 48.3 Å².